The molecule has 4 N–H and O–H groups in total. The molecule has 0 atom stereocenters. The number of aliphatic imine (C=N–C) groups is 1. The molecule has 0 aliphatic carbocycles. The summed E-state index contributed by atoms with van der Waals surface area (Å²) in [6.45, 7) is 3.08. The molecule has 2 rings (SSSR count). The number of hydrogen-bond acceptors (Lipinski definition) is 4. The highest BCUT2D eigenvalue weighted by atomic mass is 127. The monoisotopic (exact) mass is 441 g/mol. The second-order valence-electron chi connectivity index (χ2n) is 4.99. The molecule has 0 spiro atoms. The van der Waals surface area contributed by atoms with Gasteiger partial charge in [-0.05, 0) is 31.2 Å². The van der Waals surface area contributed by atoms with E-state index < -0.39 is 4.92 Å². The number of nitrogens with two attached hydrogens (primary N) is 1. The minimum atomic E-state index is -0.425. The van der Waals surface area contributed by atoms with Crippen molar-refractivity contribution in [3.63, 3.8) is 0 Å². The van der Waals surface area contributed by atoms with Crippen molar-refractivity contribution in [2.24, 2.45) is 10.7 Å². The van der Waals surface area contributed by atoms with Gasteiger partial charge >= 0.3 is 0 Å². The van der Waals surface area contributed by atoms with E-state index in [1.165, 1.54) is 17.7 Å². The van der Waals surface area contributed by atoms with E-state index in [1.807, 2.05) is 31.2 Å². The van der Waals surface area contributed by atoms with Crippen LogP contribution in [-0.2, 0) is 0 Å². The average molecular weight is 441 g/mol. The molecule has 2 aromatic rings. The molecule has 0 aliphatic rings. The molecule has 128 valence electrons. The van der Waals surface area contributed by atoms with Crippen molar-refractivity contribution >= 4 is 47.0 Å². The van der Waals surface area contributed by atoms with Gasteiger partial charge in [-0.15, -0.1) is 24.0 Å². The van der Waals surface area contributed by atoms with Crippen molar-refractivity contribution in [1.82, 2.24) is 0 Å². The summed E-state index contributed by atoms with van der Waals surface area (Å²) in [6, 6.07) is 14.1. The molecule has 0 aliphatic heterocycles. The first kappa shape index (κ1) is 19.7. The summed E-state index contributed by atoms with van der Waals surface area (Å²) in [5, 5.41) is 16.7. The fraction of sp³-hybridized carbons (Fsp3) is 0.188. The number of rotatable bonds is 6. The summed E-state index contributed by atoms with van der Waals surface area (Å²) in [5.74, 6) is 0.347. The van der Waals surface area contributed by atoms with Crippen LogP contribution in [0.5, 0.6) is 0 Å². The maximum Gasteiger partial charge on any atom is 0.269 e. The lowest BCUT2D eigenvalue weighted by atomic mass is 10.2. The number of nitro benzene ring substituents is 1. The van der Waals surface area contributed by atoms with E-state index in [0.717, 1.165) is 11.4 Å². The highest BCUT2D eigenvalue weighted by molar-refractivity contribution is 14.0. The Labute approximate surface area is 157 Å². The van der Waals surface area contributed by atoms with Crippen LogP contribution in [0, 0.1) is 17.0 Å². The predicted octanol–water partition coefficient (Wildman–Crippen LogP) is 3.36. The number of aryl methyl sites for hydroxylation is 1. The largest absolute Gasteiger partial charge is 0.383 e. The van der Waals surface area contributed by atoms with Crippen LogP contribution < -0.4 is 16.4 Å². The third kappa shape index (κ3) is 6.41. The van der Waals surface area contributed by atoms with E-state index >= 15 is 0 Å². The van der Waals surface area contributed by atoms with E-state index in [9.17, 15) is 10.1 Å². The lowest BCUT2D eigenvalue weighted by Crippen LogP contribution is -2.23. The molecule has 7 nitrogen and oxygen atoms in total. The molecule has 0 aromatic heterocycles. The Morgan fingerprint density at radius 1 is 1.12 bits per heavy atom. The van der Waals surface area contributed by atoms with Crippen LogP contribution in [0.1, 0.15) is 5.56 Å². The summed E-state index contributed by atoms with van der Waals surface area (Å²) in [5.41, 5.74) is 8.75. The van der Waals surface area contributed by atoms with Crippen LogP contribution in [0.3, 0.4) is 0 Å². The first-order valence-electron chi connectivity index (χ1n) is 7.16. The first-order valence-corrected chi connectivity index (χ1v) is 7.16. The number of nitrogens with zero attached hydrogens (tertiary/aromatic N) is 2. The number of anilines is 2. The van der Waals surface area contributed by atoms with Crippen LogP contribution in [0.25, 0.3) is 0 Å². The van der Waals surface area contributed by atoms with Crippen LogP contribution in [-0.4, -0.2) is 24.0 Å². The smallest absolute Gasteiger partial charge is 0.269 e. The van der Waals surface area contributed by atoms with Crippen molar-refractivity contribution < 1.29 is 4.92 Å². The molecule has 0 heterocycles. The molecular formula is C16H20IN5O2. The van der Waals surface area contributed by atoms with Gasteiger partial charge in [0.25, 0.3) is 5.69 Å². The maximum atomic E-state index is 10.6. The quantitative estimate of drug-likeness (QED) is 0.159. The molecule has 0 saturated carbocycles. The molecular weight excluding hydrogens is 421 g/mol. The Hall–Kier alpha value is -2.36. The molecule has 24 heavy (non-hydrogen) atoms. The van der Waals surface area contributed by atoms with Gasteiger partial charge in [-0.3, -0.25) is 15.1 Å². The second-order valence-corrected chi connectivity index (χ2v) is 4.99. The number of nitro groups is 1. The van der Waals surface area contributed by atoms with Crippen LogP contribution in [0.15, 0.2) is 53.5 Å². The van der Waals surface area contributed by atoms with Gasteiger partial charge in [0.2, 0.25) is 0 Å². The Balaban J connectivity index is 0.00000288. The minimum Gasteiger partial charge on any atom is -0.383 e. The average Bonchev–Trinajstić information content (AvgIpc) is 2.54. The number of benzene rings is 2. The third-order valence-electron chi connectivity index (χ3n) is 3.13. The van der Waals surface area contributed by atoms with Gasteiger partial charge < -0.3 is 16.4 Å². The van der Waals surface area contributed by atoms with Gasteiger partial charge in [0.1, 0.15) is 0 Å². The highest BCUT2D eigenvalue weighted by Crippen LogP contribution is 2.15. The van der Waals surface area contributed by atoms with Gasteiger partial charge in [0.15, 0.2) is 5.96 Å². The molecule has 0 radical (unpaired) electrons. The van der Waals surface area contributed by atoms with Crippen LogP contribution in [0.2, 0.25) is 0 Å². The van der Waals surface area contributed by atoms with Gasteiger partial charge in [0, 0.05) is 30.1 Å². The van der Waals surface area contributed by atoms with Crippen molar-refractivity contribution in [2.45, 2.75) is 6.92 Å². The highest BCUT2D eigenvalue weighted by Gasteiger charge is 2.03. The zero-order chi connectivity index (χ0) is 16.7. The van der Waals surface area contributed by atoms with Crippen molar-refractivity contribution in [2.75, 3.05) is 23.7 Å². The van der Waals surface area contributed by atoms with Gasteiger partial charge in [-0.25, -0.2) is 0 Å². The van der Waals surface area contributed by atoms with Gasteiger partial charge in [-0.1, -0.05) is 17.7 Å². The maximum absolute atomic E-state index is 10.6. The lowest BCUT2D eigenvalue weighted by molar-refractivity contribution is -0.384. The summed E-state index contributed by atoms with van der Waals surface area (Å²) in [7, 11) is 0. The zero-order valence-electron chi connectivity index (χ0n) is 13.2. The summed E-state index contributed by atoms with van der Waals surface area (Å²) in [6.07, 6.45) is 0. The number of hydrogen-bond donors (Lipinski definition) is 3. The fourth-order valence-electron chi connectivity index (χ4n) is 1.90. The van der Waals surface area contributed by atoms with Gasteiger partial charge in [0.05, 0.1) is 11.5 Å². The number of non-ortho nitro benzene ring substituents is 1. The Morgan fingerprint density at radius 2 is 1.71 bits per heavy atom. The van der Waals surface area contributed by atoms with E-state index in [4.69, 9.17) is 5.73 Å². The third-order valence-corrected chi connectivity index (χ3v) is 3.13. The van der Waals surface area contributed by atoms with E-state index in [-0.39, 0.29) is 29.7 Å². The Bertz CT molecular complexity index is 687. The second kappa shape index (κ2) is 9.71. The summed E-state index contributed by atoms with van der Waals surface area (Å²) in [4.78, 5) is 14.4. The van der Waals surface area contributed by atoms with Crippen molar-refractivity contribution in [3.05, 3.63) is 64.2 Å². The minimum absolute atomic E-state index is 0. The Morgan fingerprint density at radius 3 is 2.29 bits per heavy atom. The van der Waals surface area contributed by atoms with E-state index in [0.29, 0.717) is 19.0 Å². The molecule has 8 heteroatoms. The lowest BCUT2D eigenvalue weighted by Gasteiger charge is -2.07. The van der Waals surface area contributed by atoms with Crippen molar-refractivity contribution in [1.29, 1.82) is 0 Å². The van der Waals surface area contributed by atoms with Crippen LogP contribution >= 0.6 is 24.0 Å². The predicted molar refractivity (Wildman–Crippen MR) is 108 cm³/mol. The fourth-order valence-corrected chi connectivity index (χ4v) is 1.90. The molecule has 2 aromatic carbocycles. The molecule has 0 fully saturated rings. The summed E-state index contributed by atoms with van der Waals surface area (Å²) >= 11 is 0. The number of nitrogens with one attached hydrogen (secondary N) is 2. The van der Waals surface area contributed by atoms with E-state index in [1.54, 1.807) is 12.1 Å². The Kier molecular flexibility index (Phi) is 7.96. The zero-order valence-corrected chi connectivity index (χ0v) is 15.6. The normalized spacial score (nSPS) is 10.6. The standard InChI is InChI=1S/C16H19N5O2.HI/c1-12-2-4-14(5-3-12)20-16(17)19-11-10-18-13-6-8-15(9-7-13)21(22)23;/h2-9,18H,10-11H2,1H3,(H3,17,19,20);1H. The molecule has 0 saturated heterocycles. The molecule has 0 unspecified atom stereocenters. The van der Waals surface area contributed by atoms with Crippen molar-refractivity contribution in [3.8, 4) is 0 Å². The first-order chi connectivity index (χ1) is 11.0. The number of halogens is 1. The summed E-state index contributed by atoms with van der Waals surface area (Å²) < 4.78 is 0. The molecule has 0 bridgehead atoms. The van der Waals surface area contributed by atoms with Crippen LogP contribution in [0.4, 0.5) is 17.1 Å². The SMILES string of the molecule is Cc1ccc(NC(N)=NCCNc2ccc([N+](=O)[O-])cc2)cc1.I. The number of guanidine groups is 1. The van der Waals surface area contributed by atoms with Gasteiger partial charge in [-0.2, -0.15) is 0 Å². The topological polar surface area (TPSA) is 106 Å². The van der Waals surface area contributed by atoms with E-state index in [2.05, 4.69) is 15.6 Å². The molecule has 0 amide bonds.